The van der Waals surface area contributed by atoms with Crippen molar-refractivity contribution in [1.82, 2.24) is 10.2 Å². The van der Waals surface area contributed by atoms with Gasteiger partial charge in [0.05, 0.1) is 0 Å². The van der Waals surface area contributed by atoms with Gasteiger partial charge in [0.15, 0.2) is 6.10 Å². The van der Waals surface area contributed by atoms with Gasteiger partial charge >= 0.3 is 0 Å². The van der Waals surface area contributed by atoms with Crippen LogP contribution in [0.25, 0.3) is 0 Å². The van der Waals surface area contributed by atoms with Crippen molar-refractivity contribution in [2.75, 3.05) is 13.1 Å². The Labute approximate surface area is 179 Å². The predicted octanol–water partition coefficient (Wildman–Crippen LogP) is 5.11. The van der Waals surface area contributed by atoms with Gasteiger partial charge in [-0.25, -0.2) is 0 Å². The van der Waals surface area contributed by atoms with Crippen molar-refractivity contribution in [2.45, 2.75) is 58.7 Å². The molecule has 1 fully saturated rings. The second-order valence-electron chi connectivity index (χ2n) is 7.80. The first kappa shape index (κ1) is 21.7. The summed E-state index contributed by atoms with van der Waals surface area (Å²) in [6.45, 7) is 7.78. The first-order valence-electron chi connectivity index (χ1n) is 10.6. The van der Waals surface area contributed by atoms with Crippen molar-refractivity contribution >= 4 is 17.5 Å². The lowest BCUT2D eigenvalue weighted by Gasteiger charge is -2.26. The Kier molecular flexibility index (Phi) is 7.96. The lowest BCUT2D eigenvalue weighted by molar-refractivity contribution is -0.128. The molecule has 0 spiro atoms. The van der Waals surface area contributed by atoms with Crippen LogP contribution < -0.4 is 10.1 Å². The maximum absolute atomic E-state index is 12.6. The summed E-state index contributed by atoms with van der Waals surface area (Å²) >= 11 is 6.06. The number of likely N-dealkylation sites (tertiary alicyclic amines) is 1. The van der Waals surface area contributed by atoms with E-state index in [-0.39, 0.29) is 5.91 Å². The topological polar surface area (TPSA) is 41.6 Å². The Bertz CT molecular complexity index is 801. The minimum atomic E-state index is -0.519. The summed E-state index contributed by atoms with van der Waals surface area (Å²) in [5.74, 6) is 0.563. The molecule has 2 aromatic carbocycles. The normalized spacial score (nSPS) is 15.7. The number of piperidine rings is 1. The van der Waals surface area contributed by atoms with Crippen LogP contribution in [0.2, 0.25) is 5.02 Å². The molecule has 3 rings (SSSR count). The molecule has 1 saturated heterocycles. The van der Waals surface area contributed by atoms with Gasteiger partial charge in [0.25, 0.3) is 5.91 Å². The largest absolute Gasteiger partial charge is 0.481 e. The van der Waals surface area contributed by atoms with E-state index in [0.29, 0.717) is 23.7 Å². The third kappa shape index (κ3) is 6.48. The molecule has 0 aromatic heterocycles. The van der Waals surface area contributed by atoms with E-state index in [1.807, 2.05) is 19.9 Å². The SMILES string of the molecule is CCC(Oc1ccc(Cl)c(C)c1)C(=O)NCc1ccc(CN2CCCCC2)cc1. The first-order valence-corrected chi connectivity index (χ1v) is 10.9. The molecule has 1 atom stereocenters. The molecule has 1 aliphatic rings. The fourth-order valence-corrected chi connectivity index (χ4v) is 3.74. The number of hydrogen-bond donors (Lipinski definition) is 1. The third-order valence-electron chi connectivity index (χ3n) is 5.42. The van der Waals surface area contributed by atoms with E-state index in [0.717, 1.165) is 17.7 Å². The number of benzene rings is 2. The zero-order chi connectivity index (χ0) is 20.6. The summed E-state index contributed by atoms with van der Waals surface area (Å²) in [6, 6.07) is 14.0. The molecule has 0 radical (unpaired) electrons. The van der Waals surface area contributed by atoms with Gasteiger partial charge in [-0.05, 0) is 74.2 Å². The molecule has 1 N–H and O–H groups in total. The Hall–Kier alpha value is -2.04. The molecule has 0 saturated carbocycles. The monoisotopic (exact) mass is 414 g/mol. The van der Waals surface area contributed by atoms with Crippen LogP contribution in [0.3, 0.4) is 0 Å². The van der Waals surface area contributed by atoms with Crippen molar-refractivity contribution in [2.24, 2.45) is 0 Å². The Morgan fingerprint density at radius 1 is 1.10 bits per heavy atom. The minimum absolute atomic E-state index is 0.0995. The summed E-state index contributed by atoms with van der Waals surface area (Å²) < 4.78 is 5.88. The van der Waals surface area contributed by atoms with Gasteiger partial charge in [-0.2, -0.15) is 0 Å². The van der Waals surface area contributed by atoms with Gasteiger partial charge in [-0.15, -0.1) is 0 Å². The summed E-state index contributed by atoms with van der Waals surface area (Å²) in [5.41, 5.74) is 3.36. The van der Waals surface area contributed by atoms with E-state index in [4.69, 9.17) is 16.3 Å². The van der Waals surface area contributed by atoms with Gasteiger partial charge in [0, 0.05) is 18.1 Å². The highest BCUT2D eigenvalue weighted by Crippen LogP contribution is 2.22. The number of rotatable bonds is 8. The van der Waals surface area contributed by atoms with Gasteiger partial charge in [-0.1, -0.05) is 49.2 Å². The first-order chi connectivity index (χ1) is 14.0. The van der Waals surface area contributed by atoms with E-state index in [2.05, 4.69) is 34.5 Å². The molecule has 5 heteroatoms. The molecular weight excluding hydrogens is 384 g/mol. The van der Waals surface area contributed by atoms with Crippen molar-refractivity contribution in [1.29, 1.82) is 0 Å². The van der Waals surface area contributed by atoms with Gasteiger partial charge < -0.3 is 10.1 Å². The van der Waals surface area contributed by atoms with Crippen molar-refractivity contribution < 1.29 is 9.53 Å². The number of ether oxygens (including phenoxy) is 1. The molecule has 0 bridgehead atoms. The van der Waals surface area contributed by atoms with Crippen LogP contribution in [0.5, 0.6) is 5.75 Å². The van der Waals surface area contributed by atoms with Crippen molar-refractivity contribution in [3.8, 4) is 5.75 Å². The fourth-order valence-electron chi connectivity index (χ4n) is 3.62. The predicted molar refractivity (Wildman–Crippen MR) is 118 cm³/mol. The molecule has 2 aromatic rings. The molecule has 29 heavy (non-hydrogen) atoms. The lowest BCUT2D eigenvalue weighted by Crippen LogP contribution is -2.37. The average molecular weight is 415 g/mol. The summed E-state index contributed by atoms with van der Waals surface area (Å²) in [4.78, 5) is 15.1. The number of halogens is 1. The number of nitrogens with zero attached hydrogens (tertiary/aromatic N) is 1. The number of amides is 1. The second kappa shape index (κ2) is 10.7. The third-order valence-corrected chi connectivity index (χ3v) is 5.84. The van der Waals surface area contributed by atoms with Crippen molar-refractivity contribution in [3.63, 3.8) is 0 Å². The maximum atomic E-state index is 12.6. The maximum Gasteiger partial charge on any atom is 0.261 e. The Morgan fingerprint density at radius 2 is 1.79 bits per heavy atom. The lowest BCUT2D eigenvalue weighted by atomic mass is 10.1. The number of carbonyl (C=O) groups is 1. The molecular formula is C24H31ClN2O2. The number of aryl methyl sites for hydroxylation is 1. The van der Waals surface area contributed by atoms with Crippen LogP contribution in [0, 0.1) is 6.92 Å². The fraction of sp³-hybridized carbons (Fsp3) is 0.458. The molecule has 4 nitrogen and oxygen atoms in total. The number of nitrogens with one attached hydrogen (secondary N) is 1. The van der Waals surface area contributed by atoms with Gasteiger partial charge in [-0.3, -0.25) is 9.69 Å². The van der Waals surface area contributed by atoms with Crippen LogP contribution in [0.15, 0.2) is 42.5 Å². The zero-order valence-corrected chi connectivity index (χ0v) is 18.2. The second-order valence-corrected chi connectivity index (χ2v) is 8.20. The van der Waals surface area contributed by atoms with E-state index >= 15 is 0 Å². The molecule has 1 unspecified atom stereocenters. The van der Waals surface area contributed by atoms with Crippen LogP contribution >= 0.6 is 11.6 Å². The van der Waals surface area contributed by atoms with E-state index in [1.54, 1.807) is 12.1 Å². The van der Waals surface area contributed by atoms with E-state index < -0.39 is 6.10 Å². The minimum Gasteiger partial charge on any atom is -0.481 e. The Balaban J connectivity index is 1.49. The van der Waals surface area contributed by atoms with Crippen LogP contribution in [0.4, 0.5) is 0 Å². The summed E-state index contributed by atoms with van der Waals surface area (Å²) in [5, 5.41) is 3.69. The zero-order valence-electron chi connectivity index (χ0n) is 17.4. The highest BCUT2D eigenvalue weighted by Gasteiger charge is 2.18. The standard InChI is InChI=1S/C24H31ClN2O2/c1-3-23(29-21-11-12-22(25)18(2)15-21)24(28)26-16-19-7-9-20(10-8-19)17-27-13-5-4-6-14-27/h7-12,15,23H,3-6,13-14,16-17H2,1-2H3,(H,26,28). The molecule has 1 aliphatic heterocycles. The number of carbonyl (C=O) groups excluding carboxylic acids is 1. The highest BCUT2D eigenvalue weighted by atomic mass is 35.5. The van der Waals surface area contributed by atoms with Crippen molar-refractivity contribution in [3.05, 3.63) is 64.2 Å². The van der Waals surface area contributed by atoms with Gasteiger partial charge in [0.1, 0.15) is 5.75 Å². The molecule has 1 amide bonds. The smallest absolute Gasteiger partial charge is 0.261 e. The molecule has 156 valence electrons. The summed E-state index contributed by atoms with van der Waals surface area (Å²) in [7, 11) is 0. The van der Waals surface area contributed by atoms with E-state index in [1.165, 1.54) is 37.9 Å². The van der Waals surface area contributed by atoms with Crippen LogP contribution in [0.1, 0.15) is 49.3 Å². The summed E-state index contributed by atoms with van der Waals surface area (Å²) in [6.07, 6.45) is 4.05. The molecule has 1 heterocycles. The quantitative estimate of drug-likeness (QED) is 0.652. The number of hydrogen-bond acceptors (Lipinski definition) is 3. The van der Waals surface area contributed by atoms with Crippen LogP contribution in [-0.2, 0) is 17.9 Å². The molecule has 0 aliphatic carbocycles. The average Bonchev–Trinajstić information content (AvgIpc) is 2.74. The van der Waals surface area contributed by atoms with Crippen LogP contribution in [-0.4, -0.2) is 30.0 Å². The van der Waals surface area contributed by atoms with Gasteiger partial charge in [0.2, 0.25) is 0 Å². The Morgan fingerprint density at radius 3 is 2.45 bits per heavy atom. The van der Waals surface area contributed by atoms with E-state index in [9.17, 15) is 4.79 Å². The highest BCUT2D eigenvalue weighted by molar-refractivity contribution is 6.31.